The lowest BCUT2D eigenvalue weighted by Gasteiger charge is -2.09. The molecule has 0 bridgehead atoms. The van der Waals surface area contributed by atoms with Crippen molar-refractivity contribution in [3.63, 3.8) is 0 Å². The molecule has 0 amide bonds. The van der Waals surface area contributed by atoms with Crippen LogP contribution in [0.15, 0.2) is 75.0 Å². The maximum Gasteiger partial charge on any atom is 0.416 e. The minimum atomic E-state index is -4.49. The van der Waals surface area contributed by atoms with Gasteiger partial charge < -0.3 is 8.94 Å². The number of furan rings is 1. The molecule has 4 aromatic heterocycles. The zero-order valence-electron chi connectivity index (χ0n) is 15.6. The fourth-order valence-corrected chi connectivity index (χ4v) is 3.16. The van der Waals surface area contributed by atoms with Crippen molar-refractivity contribution in [2.75, 3.05) is 0 Å². The summed E-state index contributed by atoms with van der Waals surface area (Å²) in [4.78, 5) is 17.1. The summed E-state index contributed by atoms with van der Waals surface area (Å²) in [7, 11) is 0. The molecule has 0 unspecified atom stereocenters. The van der Waals surface area contributed by atoms with Crippen LogP contribution in [0, 0.1) is 0 Å². The highest BCUT2D eigenvalue weighted by atomic mass is 19.4. The van der Waals surface area contributed by atoms with Crippen molar-refractivity contribution in [2.45, 2.75) is 12.7 Å². The van der Waals surface area contributed by atoms with Gasteiger partial charge in [-0.05, 0) is 30.3 Å². The first-order chi connectivity index (χ1) is 14.9. The van der Waals surface area contributed by atoms with Crippen molar-refractivity contribution >= 4 is 11.0 Å². The van der Waals surface area contributed by atoms with Crippen LogP contribution in [-0.4, -0.2) is 24.5 Å². The van der Waals surface area contributed by atoms with Crippen LogP contribution in [0.3, 0.4) is 0 Å². The Labute approximate surface area is 171 Å². The first-order valence-corrected chi connectivity index (χ1v) is 9.00. The molecule has 5 rings (SSSR count). The molecular formula is C20H12F3N5O3. The molecule has 0 saturated heterocycles. The van der Waals surface area contributed by atoms with Gasteiger partial charge >= 0.3 is 6.18 Å². The maximum atomic E-state index is 13.0. The highest BCUT2D eigenvalue weighted by molar-refractivity contribution is 5.75. The van der Waals surface area contributed by atoms with Crippen molar-refractivity contribution < 1.29 is 22.1 Å². The molecule has 0 aliphatic carbocycles. The van der Waals surface area contributed by atoms with Crippen LogP contribution in [-0.2, 0) is 12.7 Å². The molecule has 0 saturated carbocycles. The van der Waals surface area contributed by atoms with Crippen molar-refractivity contribution in [3.8, 4) is 17.2 Å². The number of benzene rings is 1. The van der Waals surface area contributed by atoms with Crippen LogP contribution in [0.4, 0.5) is 13.2 Å². The first kappa shape index (κ1) is 18.9. The summed E-state index contributed by atoms with van der Waals surface area (Å²) < 4.78 is 52.0. The van der Waals surface area contributed by atoms with E-state index in [0.717, 1.165) is 12.1 Å². The summed E-state index contributed by atoms with van der Waals surface area (Å²) in [6.07, 6.45) is -0.427. The van der Waals surface area contributed by atoms with Gasteiger partial charge in [0.25, 0.3) is 5.56 Å². The van der Waals surface area contributed by atoms with E-state index in [4.69, 9.17) is 8.94 Å². The third kappa shape index (κ3) is 3.39. The fraction of sp³-hybridized carbons (Fsp3) is 0.100. The van der Waals surface area contributed by atoms with E-state index in [0.29, 0.717) is 17.2 Å². The monoisotopic (exact) mass is 427 g/mol. The Morgan fingerprint density at radius 2 is 1.94 bits per heavy atom. The lowest BCUT2D eigenvalue weighted by Crippen LogP contribution is -2.21. The third-order valence-electron chi connectivity index (χ3n) is 4.63. The summed E-state index contributed by atoms with van der Waals surface area (Å²) in [6.45, 7) is 0.0840. The zero-order valence-corrected chi connectivity index (χ0v) is 15.6. The van der Waals surface area contributed by atoms with Gasteiger partial charge in [-0.3, -0.25) is 9.36 Å². The van der Waals surface area contributed by atoms with Crippen LogP contribution >= 0.6 is 0 Å². The standard InChI is InChI=1S/C20H12F3N5O3/c21-20(22,23)12-3-1-4-14(7-12)28-18-15(9-25-28)19(29)27(11-24-18)10-13-8-17(31-26-13)16-5-2-6-30-16/h1-9,11H,10H2. The zero-order chi connectivity index (χ0) is 21.6. The summed E-state index contributed by atoms with van der Waals surface area (Å²) in [5.74, 6) is 0.918. The second-order valence-electron chi connectivity index (χ2n) is 6.68. The fourth-order valence-electron chi connectivity index (χ4n) is 3.16. The van der Waals surface area contributed by atoms with Crippen molar-refractivity contribution in [1.29, 1.82) is 0 Å². The minimum absolute atomic E-state index is 0.0840. The number of aromatic nitrogens is 5. The number of alkyl halides is 3. The molecule has 5 aromatic rings. The van der Waals surface area contributed by atoms with Gasteiger partial charge in [-0.25, -0.2) is 9.67 Å². The number of hydrogen-bond acceptors (Lipinski definition) is 6. The first-order valence-electron chi connectivity index (χ1n) is 9.00. The third-order valence-corrected chi connectivity index (χ3v) is 4.63. The Morgan fingerprint density at radius 1 is 1.06 bits per heavy atom. The quantitative estimate of drug-likeness (QED) is 0.432. The average molecular weight is 427 g/mol. The number of halogens is 3. The molecular weight excluding hydrogens is 415 g/mol. The number of hydrogen-bond donors (Lipinski definition) is 0. The van der Waals surface area contributed by atoms with Crippen molar-refractivity contribution in [3.05, 3.63) is 82.9 Å². The maximum absolute atomic E-state index is 13.0. The molecule has 0 aliphatic rings. The Bertz CT molecular complexity index is 1430. The second kappa shape index (κ2) is 6.97. The molecule has 0 spiro atoms. The predicted octanol–water partition coefficient (Wildman–Crippen LogP) is 3.90. The van der Waals surface area contributed by atoms with Gasteiger partial charge in [-0.15, -0.1) is 0 Å². The molecule has 8 nitrogen and oxygen atoms in total. The smallest absolute Gasteiger partial charge is 0.416 e. The van der Waals surface area contributed by atoms with Gasteiger partial charge in [0.15, 0.2) is 11.4 Å². The van der Waals surface area contributed by atoms with Gasteiger partial charge in [0, 0.05) is 6.07 Å². The van der Waals surface area contributed by atoms with E-state index < -0.39 is 17.3 Å². The Kier molecular flexibility index (Phi) is 4.24. The molecule has 0 aliphatic heterocycles. The molecule has 0 N–H and O–H groups in total. The summed E-state index contributed by atoms with van der Waals surface area (Å²) in [5.41, 5.74) is -0.461. The minimum Gasteiger partial charge on any atom is -0.461 e. The Hall–Kier alpha value is -4.15. The van der Waals surface area contributed by atoms with Gasteiger partial charge in [-0.2, -0.15) is 18.3 Å². The Morgan fingerprint density at radius 3 is 2.71 bits per heavy atom. The van der Waals surface area contributed by atoms with E-state index in [1.165, 1.54) is 40.2 Å². The van der Waals surface area contributed by atoms with E-state index in [9.17, 15) is 18.0 Å². The molecule has 0 radical (unpaired) electrons. The lowest BCUT2D eigenvalue weighted by molar-refractivity contribution is -0.137. The topological polar surface area (TPSA) is 91.9 Å². The SMILES string of the molecule is O=c1c2cnn(-c3cccc(C(F)(F)F)c3)c2ncn1Cc1cc(-c2ccco2)on1. The molecule has 11 heteroatoms. The number of fused-ring (bicyclic) bond motifs is 1. The van der Waals surface area contributed by atoms with Crippen molar-refractivity contribution in [1.82, 2.24) is 24.5 Å². The summed E-state index contributed by atoms with van der Waals surface area (Å²) in [5, 5.41) is 8.15. The molecule has 1 aromatic carbocycles. The average Bonchev–Trinajstić information content (AvgIpc) is 3.50. The summed E-state index contributed by atoms with van der Waals surface area (Å²) >= 11 is 0. The van der Waals surface area contributed by atoms with Gasteiger partial charge in [0.05, 0.1) is 30.3 Å². The molecule has 156 valence electrons. The normalized spacial score (nSPS) is 12.0. The van der Waals surface area contributed by atoms with Crippen LogP contribution in [0.25, 0.3) is 28.2 Å². The number of nitrogens with zero attached hydrogens (tertiary/aromatic N) is 5. The van der Waals surface area contributed by atoms with Crippen LogP contribution in [0.5, 0.6) is 0 Å². The van der Waals surface area contributed by atoms with Gasteiger partial charge in [0.1, 0.15) is 17.4 Å². The van der Waals surface area contributed by atoms with E-state index in [-0.39, 0.29) is 23.3 Å². The van der Waals surface area contributed by atoms with Crippen LogP contribution in [0.2, 0.25) is 0 Å². The van der Waals surface area contributed by atoms with Crippen LogP contribution < -0.4 is 5.56 Å². The Balaban J connectivity index is 1.49. The van der Waals surface area contributed by atoms with Crippen LogP contribution in [0.1, 0.15) is 11.3 Å². The molecule has 0 fully saturated rings. The van der Waals surface area contributed by atoms with E-state index in [2.05, 4.69) is 15.2 Å². The van der Waals surface area contributed by atoms with E-state index in [1.54, 1.807) is 18.2 Å². The van der Waals surface area contributed by atoms with E-state index >= 15 is 0 Å². The summed E-state index contributed by atoms with van der Waals surface area (Å²) in [6, 6.07) is 9.71. The second-order valence-corrected chi connectivity index (χ2v) is 6.68. The largest absolute Gasteiger partial charge is 0.461 e. The highest BCUT2D eigenvalue weighted by Gasteiger charge is 2.30. The predicted molar refractivity (Wildman–Crippen MR) is 101 cm³/mol. The van der Waals surface area contributed by atoms with Gasteiger partial charge in [0.2, 0.25) is 5.76 Å². The van der Waals surface area contributed by atoms with Crippen molar-refractivity contribution in [2.24, 2.45) is 0 Å². The molecule has 0 atom stereocenters. The van der Waals surface area contributed by atoms with E-state index in [1.807, 2.05) is 0 Å². The van der Waals surface area contributed by atoms with Gasteiger partial charge in [-0.1, -0.05) is 11.2 Å². The number of rotatable bonds is 4. The highest BCUT2D eigenvalue weighted by Crippen LogP contribution is 2.30. The lowest BCUT2D eigenvalue weighted by atomic mass is 10.2. The molecule has 31 heavy (non-hydrogen) atoms. The molecule has 4 heterocycles.